The molecule has 0 spiro atoms. The van der Waals surface area contributed by atoms with Crippen molar-refractivity contribution in [1.82, 2.24) is 10.4 Å². The van der Waals surface area contributed by atoms with Crippen molar-refractivity contribution >= 4 is 5.91 Å². The van der Waals surface area contributed by atoms with E-state index in [0.717, 1.165) is 19.5 Å². The third-order valence-corrected chi connectivity index (χ3v) is 2.12. The molecule has 1 aliphatic heterocycles. The lowest BCUT2D eigenvalue weighted by Gasteiger charge is -2.27. The Kier molecular flexibility index (Phi) is 4.86. The van der Waals surface area contributed by atoms with Crippen molar-refractivity contribution in [3.63, 3.8) is 0 Å². The smallest absolute Gasteiger partial charge is 0.234 e. The summed E-state index contributed by atoms with van der Waals surface area (Å²) in [6.07, 6.45) is 1.23. The van der Waals surface area contributed by atoms with Crippen LogP contribution in [0.4, 0.5) is 0 Å². The van der Waals surface area contributed by atoms with Crippen LogP contribution in [0.3, 0.4) is 0 Å². The first-order chi connectivity index (χ1) is 6.68. The maximum absolute atomic E-state index is 11.4. The summed E-state index contributed by atoms with van der Waals surface area (Å²) in [5.74, 6) is 0.0456. The van der Waals surface area contributed by atoms with Crippen LogP contribution in [0.5, 0.6) is 0 Å². The summed E-state index contributed by atoms with van der Waals surface area (Å²) in [5.41, 5.74) is 8.39. The summed E-state index contributed by atoms with van der Waals surface area (Å²) in [5, 5.41) is 1.90. The highest BCUT2D eigenvalue weighted by Crippen LogP contribution is 1.96. The Balaban J connectivity index is 2.12. The minimum absolute atomic E-state index is 0.0456. The summed E-state index contributed by atoms with van der Waals surface area (Å²) in [6, 6.07) is 0.0884. The number of carbonyl (C=O) groups excluding carboxylic acids is 1. The lowest BCUT2D eigenvalue weighted by atomic mass is 10.2. The average molecular weight is 201 g/mol. The summed E-state index contributed by atoms with van der Waals surface area (Å²) >= 11 is 0. The van der Waals surface area contributed by atoms with Crippen LogP contribution in [-0.2, 0) is 9.53 Å². The van der Waals surface area contributed by atoms with Gasteiger partial charge in [-0.3, -0.25) is 10.2 Å². The number of rotatable bonds is 4. The zero-order valence-corrected chi connectivity index (χ0v) is 8.66. The molecule has 0 aliphatic carbocycles. The second kappa shape index (κ2) is 5.95. The Morgan fingerprint density at radius 3 is 2.79 bits per heavy atom. The molecule has 0 radical (unpaired) electrons. The third-order valence-electron chi connectivity index (χ3n) is 2.12. The van der Waals surface area contributed by atoms with Crippen LogP contribution in [0.1, 0.15) is 19.8 Å². The van der Waals surface area contributed by atoms with Crippen molar-refractivity contribution in [3.05, 3.63) is 0 Å². The van der Waals surface area contributed by atoms with Gasteiger partial charge < -0.3 is 10.5 Å². The molecule has 0 aromatic heterocycles. The molecule has 14 heavy (non-hydrogen) atoms. The van der Waals surface area contributed by atoms with Gasteiger partial charge in [-0.1, -0.05) is 0 Å². The van der Waals surface area contributed by atoms with Gasteiger partial charge in [0.15, 0.2) is 0 Å². The number of hydrazine groups is 1. The highest BCUT2D eigenvalue weighted by atomic mass is 16.5. The number of carbonyl (C=O) groups is 1. The first-order valence-corrected chi connectivity index (χ1v) is 5.06. The number of hydrogen-bond donors (Lipinski definition) is 2. The quantitative estimate of drug-likeness (QED) is 0.642. The molecule has 1 unspecified atom stereocenters. The number of ether oxygens (including phenoxy) is 1. The summed E-state index contributed by atoms with van der Waals surface area (Å²) in [6.45, 7) is 4.82. The molecule has 1 aliphatic rings. The first-order valence-electron chi connectivity index (χ1n) is 5.06. The molecule has 82 valence electrons. The molecule has 1 heterocycles. The minimum Gasteiger partial charge on any atom is -0.379 e. The predicted molar refractivity (Wildman–Crippen MR) is 53.4 cm³/mol. The Morgan fingerprint density at radius 1 is 1.57 bits per heavy atom. The monoisotopic (exact) mass is 201 g/mol. The molecule has 0 aromatic rings. The van der Waals surface area contributed by atoms with Gasteiger partial charge in [-0.2, -0.15) is 0 Å². The molecule has 1 atom stereocenters. The Morgan fingerprint density at radius 2 is 2.21 bits per heavy atom. The van der Waals surface area contributed by atoms with E-state index in [0.29, 0.717) is 19.6 Å². The molecule has 5 heteroatoms. The molecule has 1 rings (SSSR count). The number of nitrogens with two attached hydrogens (primary N) is 1. The molecule has 1 fully saturated rings. The van der Waals surface area contributed by atoms with Gasteiger partial charge in [-0.05, 0) is 13.3 Å². The van der Waals surface area contributed by atoms with Gasteiger partial charge in [0.2, 0.25) is 5.91 Å². The Bertz CT molecular complexity index is 179. The van der Waals surface area contributed by atoms with Crippen LogP contribution in [0.15, 0.2) is 0 Å². The van der Waals surface area contributed by atoms with E-state index >= 15 is 0 Å². The molecule has 1 saturated heterocycles. The lowest BCUT2D eigenvalue weighted by Crippen LogP contribution is -2.48. The number of hydrogen-bond acceptors (Lipinski definition) is 4. The summed E-state index contributed by atoms with van der Waals surface area (Å²) < 4.78 is 5.17. The molecule has 0 aromatic carbocycles. The number of amides is 1. The molecule has 3 N–H and O–H groups in total. The normalized spacial score (nSPS) is 20.4. The Hall–Kier alpha value is -0.650. The van der Waals surface area contributed by atoms with Crippen molar-refractivity contribution in [1.29, 1.82) is 0 Å². The first kappa shape index (κ1) is 11.4. The minimum atomic E-state index is 0.0456. The highest BCUT2D eigenvalue weighted by Gasteiger charge is 2.12. The SMILES string of the molecule is CC(N)CCC(=O)NN1CCOCC1. The lowest BCUT2D eigenvalue weighted by molar-refractivity contribution is -0.128. The molecule has 1 amide bonds. The van der Waals surface area contributed by atoms with Gasteiger partial charge in [-0.15, -0.1) is 0 Å². The average Bonchev–Trinajstić information content (AvgIpc) is 2.16. The van der Waals surface area contributed by atoms with Crippen LogP contribution >= 0.6 is 0 Å². The maximum Gasteiger partial charge on any atom is 0.234 e. The predicted octanol–water partition coefficient (Wildman–Crippen LogP) is -0.523. The second-order valence-corrected chi connectivity index (χ2v) is 3.65. The van der Waals surface area contributed by atoms with Crippen molar-refractivity contribution in [2.75, 3.05) is 26.3 Å². The van der Waals surface area contributed by atoms with E-state index in [4.69, 9.17) is 10.5 Å². The molecular weight excluding hydrogens is 182 g/mol. The standard InChI is InChI=1S/C9H19N3O2/c1-8(10)2-3-9(13)11-12-4-6-14-7-5-12/h8H,2-7,10H2,1H3,(H,11,13). The number of morpholine rings is 1. The fraction of sp³-hybridized carbons (Fsp3) is 0.889. The van der Waals surface area contributed by atoms with Crippen LogP contribution < -0.4 is 11.2 Å². The van der Waals surface area contributed by atoms with E-state index < -0.39 is 0 Å². The topological polar surface area (TPSA) is 67.6 Å². The zero-order valence-electron chi connectivity index (χ0n) is 8.66. The van der Waals surface area contributed by atoms with Crippen LogP contribution in [0.25, 0.3) is 0 Å². The molecular formula is C9H19N3O2. The highest BCUT2D eigenvalue weighted by molar-refractivity contribution is 5.75. The third kappa shape index (κ3) is 4.55. The molecule has 5 nitrogen and oxygen atoms in total. The van der Waals surface area contributed by atoms with Crippen molar-refractivity contribution < 1.29 is 9.53 Å². The summed E-state index contributed by atoms with van der Waals surface area (Å²) in [7, 11) is 0. The Labute approximate surface area is 84.5 Å². The van der Waals surface area contributed by atoms with Crippen LogP contribution in [0, 0.1) is 0 Å². The fourth-order valence-corrected chi connectivity index (χ4v) is 1.27. The van der Waals surface area contributed by atoms with Gasteiger partial charge in [0.1, 0.15) is 0 Å². The zero-order chi connectivity index (χ0) is 10.4. The maximum atomic E-state index is 11.4. The van der Waals surface area contributed by atoms with E-state index in [1.807, 2.05) is 11.9 Å². The largest absolute Gasteiger partial charge is 0.379 e. The molecule has 0 saturated carbocycles. The number of nitrogens with zero attached hydrogens (tertiary/aromatic N) is 1. The van der Waals surface area contributed by atoms with E-state index in [1.54, 1.807) is 0 Å². The van der Waals surface area contributed by atoms with Gasteiger partial charge in [0.05, 0.1) is 13.2 Å². The van der Waals surface area contributed by atoms with Gasteiger partial charge in [0, 0.05) is 25.6 Å². The van der Waals surface area contributed by atoms with Crippen LogP contribution in [0.2, 0.25) is 0 Å². The summed E-state index contributed by atoms with van der Waals surface area (Å²) in [4.78, 5) is 11.4. The van der Waals surface area contributed by atoms with Crippen molar-refractivity contribution in [3.8, 4) is 0 Å². The number of nitrogens with one attached hydrogen (secondary N) is 1. The van der Waals surface area contributed by atoms with Gasteiger partial charge >= 0.3 is 0 Å². The second-order valence-electron chi connectivity index (χ2n) is 3.65. The van der Waals surface area contributed by atoms with E-state index in [2.05, 4.69) is 5.43 Å². The molecule has 0 bridgehead atoms. The fourth-order valence-electron chi connectivity index (χ4n) is 1.27. The van der Waals surface area contributed by atoms with Gasteiger partial charge in [-0.25, -0.2) is 5.01 Å². The van der Waals surface area contributed by atoms with Crippen molar-refractivity contribution in [2.45, 2.75) is 25.8 Å². The van der Waals surface area contributed by atoms with Crippen molar-refractivity contribution in [2.24, 2.45) is 5.73 Å². The van der Waals surface area contributed by atoms with E-state index in [1.165, 1.54) is 0 Å². The van der Waals surface area contributed by atoms with E-state index in [9.17, 15) is 4.79 Å². The van der Waals surface area contributed by atoms with Crippen LogP contribution in [-0.4, -0.2) is 43.3 Å². The van der Waals surface area contributed by atoms with E-state index in [-0.39, 0.29) is 11.9 Å². The van der Waals surface area contributed by atoms with Gasteiger partial charge in [0.25, 0.3) is 0 Å².